The predicted molar refractivity (Wildman–Crippen MR) is 67.0 cm³/mol. The first-order valence-corrected chi connectivity index (χ1v) is 6.88. The highest BCUT2D eigenvalue weighted by molar-refractivity contribution is 5.79. The van der Waals surface area contributed by atoms with Crippen molar-refractivity contribution < 1.29 is 14.3 Å². The van der Waals surface area contributed by atoms with Crippen LogP contribution in [0.25, 0.3) is 0 Å². The first-order chi connectivity index (χ1) is 8.70. The molecule has 2 aliphatic heterocycles. The summed E-state index contributed by atoms with van der Waals surface area (Å²) in [6.07, 6.45) is 3.56. The molecule has 1 atom stereocenters. The van der Waals surface area contributed by atoms with Crippen LogP contribution in [0.2, 0.25) is 0 Å². The molecule has 2 aliphatic rings. The maximum Gasteiger partial charge on any atom is 0.320 e. The molecule has 5 nitrogen and oxygen atoms in total. The number of carbonyl (C=O) groups excluding carboxylic acids is 2. The number of nitrogens with zero attached hydrogens (tertiary/aromatic N) is 2. The number of fused-ring (bicyclic) bond motifs is 1. The zero-order valence-corrected chi connectivity index (χ0v) is 11.1. The van der Waals surface area contributed by atoms with Crippen molar-refractivity contribution in [2.45, 2.75) is 38.6 Å². The number of hydrogen-bond donors (Lipinski definition) is 0. The van der Waals surface area contributed by atoms with E-state index in [9.17, 15) is 9.59 Å². The van der Waals surface area contributed by atoms with E-state index in [1.165, 1.54) is 0 Å². The number of hydrogen-bond acceptors (Lipinski definition) is 4. The lowest BCUT2D eigenvalue weighted by atomic mass is 10.1. The quantitative estimate of drug-likeness (QED) is 0.533. The third-order valence-electron chi connectivity index (χ3n) is 3.69. The zero-order valence-electron chi connectivity index (χ0n) is 11.1. The monoisotopic (exact) mass is 254 g/mol. The molecule has 0 aliphatic carbocycles. The molecule has 2 rings (SSSR count). The number of piperazine rings is 1. The lowest BCUT2D eigenvalue weighted by Crippen LogP contribution is -2.52. The van der Waals surface area contributed by atoms with E-state index in [0.29, 0.717) is 25.6 Å². The summed E-state index contributed by atoms with van der Waals surface area (Å²) >= 11 is 0. The van der Waals surface area contributed by atoms with Crippen molar-refractivity contribution >= 4 is 11.9 Å². The van der Waals surface area contributed by atoms with Gasteiger partial charge in [-0.05, 0) is 12.8 Å². The van der Waals surface area contributed by atoms with Gasteiger partial charge in [-0.1, -0.05) is 13.3 Å². The van der Waals surface area contributed by atoms with E-state index in [4.69, 9.17) is 4.74 Å². The Morgan fingerprint density at radius 2 is 2.28 bits per heavy atom. The fourth-order valence-electron chi connectivity index (χ4n) is 2.63. The van der Waals surface area contributed by atoms with Gasteiger partial charge in [0.2, 0.25) is 5.91 Å². The fraction of sp³-hybridized carbons (Fsp3) is 0.846. The van der Waals surface area contributed by atoms with Crippen LogP contribution in [0.4, 0.5) is 0 Å². The Kier molecular flexibility index (Phi) is 4.58. The summed E-state index contributed by atoms with van der Waals surface area (Å²) < 4.78 is 5.16. The number of ether oxygens (including phenoxy) is 1. The third kappa shape index (κ3) is 3.22. The summed E-state index contributed by atoms with van der Waals surface area (Å²) in [6.45, 7) is 5.31. The third-order valence-corrected chi connectivity index (χ3v) is 3.69. The lowest BCUT2D eigenvalue weighted by Gasteiger charge is -2.36. The van der Waals surface area contributed by atoms with Gasteiger partial charge in [-0.2, -0.15) is 0 Å². The molecular formula is C13H22N2O3. The summed E-state index contributed by atoms with van der Waals surface area (Å²) in [6, 6.07) is 0.315. The van der Waals surface area contributed by atoms with Crippen LogP contribution in [-0.4, -0.2) is 60.5 Å². The maximum atomic E-state index is 11.6. The van der Waals surface area contributed by atoms with Gasteiger partial charge in [-0.25, -0.2) is 0 Å². The highest BCUT2D eigenvalue weighted by atomic mass is 16.5. The van der Waals surface area contributed by atoms with Gasteiger partial charge in [-0.15, -0.1) is 0 Å². The van der Waals surface area contributed by atoms with E-state index in [1.54, 1.807) is 0 Å². The second-order valence-corrected chi connectivity index (χ2v) is 5.09. The van der Waals surface area contributed by atoms with Crippen LogP contribution >= 0.6 is 0 Å². The van der Waals surface area contributed by atoms with Gasteiger partial charge in [0.15, 0.2) is 0 Å². The van der Waals surface area contributed by atoms with Gasteiger partial charge >= 0.3 is 5.97 Å². The van der Waals surface area contributed by atoms with E-state index in [0.717, 1.165) is 38.9 Å². The standard InChI is InChI=1S/C13H22N2O3/c1-2-3-8-18-13(17)10-14-6-7-15-11(9-14)4-5-12(15)16/h11H,2-10H2,1H3. The number of esters is 1. The minimum Gasteiger partial charge on any atom is -0.465 e. The summed E-state index contributed by atoms with van der Waals surface area (Å²) in [7, 11) is 0. The molecule has 2 saturated heterocycles. The van der Waals surface area contributed by atoms with Crippen LogP contribution in [0.3, 0.4) is 0 Å². The van der Waals surface area contributed by atoms with E-state index in [-0.39, 0.29) is 11.9 Å². The summed E-state index contributed by atoms with van der Waals surface area (Å²) in [5, 5.41) is 0. The van der Waals surface area contributed by atoms with Crippen molar-refractivity contribution in [1.82, 2.24) is 9.80 Å². The van der Waals surface area contributed by atoms with Gasteiger partial charge < -0.3 is 9.64 Å². The van der Waals surface area contributed by atoms with Gasteiger partial charge in [0.25, 0.3) is 0 Å². The topological polar surface area (TPSA) is 49.9 Å². The molecular weight excluding hydrogens is 232 g/mol. The zero-order chi connectivity index (χ0) is 13.0. The van der Waals surface area contributed by atoms with Crippen LogP contribution in [-0.2, 0) is 14.3 Å². The highest BCUT2D eigenvalue weighted by Crippen LogP contribution is 2.22. The Balaban J connectivity index is 1.72. The lowest BCUT2D eigenvalue weighted by molar-refractivity contribution is -0.145. The van der Waals surface area contributed by atoms with Crippen LogP contribution < -0.4 is 0 Å². The van der Waals surface area contributed by atoms with E-state index >= 15 is 0 Å². The Morgan fingerprint density at radius 3 is 3.06 bits per heavy atom. The van der Waals surface area contributed by atoms with Gasteiger partial charge in [0.05, 0.1) is 13.2 Å². The largest absolute Gasteiger partial charge is 0.465 e. The first kappa shape index (κ1) is 13.3. The average molecular weight is 254 g/mol. The molecule has 0 bridgehead atoms. The smallest absolute Gasteiger partial charge is 0.320 e. The first-order valence-electron chi connectivity index (χ1n) is 6.88. The normalized spacial score (nSPS) is 24.2. The van der Waals surface area contributed by atoms with Crippen LogP contribution in [0.15, 0.2) is 0 Å². The molecule has 0 spiro atoms. The fourth-order valence-corrected chi connectivity index (χ4v) is 2.63. The Hall–Kier alpha value is -1.10. The maximum absolute atomic E-state index is 11.6. The molecule has 2 heterocycles. The minimum absolute atomic E-state index is 0.138. The predicted octanol–water partition coefficient (Wildman–Crippen LogP) is 0.636. The summed E-state index contributed by atoms with van der Waals surface area (Å²) in [4.78, 5) is 27.2. The number of rotatable bonds is 5. The van der Waals surface area contributed by atoms with Crippen molar-refractivity contribution in [1.29, 1.82) is 0 Å². The Morgan fingerprint density at radius 1 is 1.44 bits per heavy atom. The molecule has 0 N–H and O–H groups in total. The van der Waals surface area contributed by atoms with Crippen molar-refractivity contribution in [3.8, 4) is 0 Å². The molecule has 5 heteroatoms. The van der Waals surface area contributed by atoms with E-state index in [2.05, 4.69) is 11.8 Å². The second-order valence-electron chi connectivity index (χ2n) is 5.09. The van der Waals surface area contributed by atoms with Crippen LogP contribution in [0.5, 0.6) is 0 Å². The molecule has 1 unspecified atom stereocenters. The van der Waals surface area contributed by atoms with Crippen molar-refractivity contribution in [3.63, 3.8) is 0 Å². The molecule has 18 heavy (non-hydrogen) atoms. The molecule has 0 aromatic heterocycles. The van der Waals surface area contributed by atoms with E-state index < -0.39 is 0 Å². The van der Waals surface area contributed by atoms with Crippen molar-refractivity contribution in [2.75, 3.05) is 32.8 Å². The van der Waals surface area contributed by atoms with Crippen molar-refractivity contribution in [2.24, 2.45) is 0 Å². The van der Waals surface area contributed by atoms with Gasteiger partial charge in [0.1, 0.15) is 0 Å². The average Bonchev–Trinajstić information content (AvgIpc) is 2.71. The van der Waals surface area contributed by atoms with Crippen LogP contribution in [0, 0.1) is 0 Å². The second kappa shape index (κ2) is 6.18. The highest BCUT2D eigenvalue weighted by Gasteiger charge is 2.35. The molecule has 0 aromatic carbocycles. The molecule has 0 radical (unpaired) electrons. The Labute approximate surface area is 108 Å². The summed E-state index contributed by atoms with van der Waals surface area (Å²) in [5.74, 6) is 0.131. The number of unbranched alkanes of at least 4 members (excludes halogenated alkanes) is 1. The van der Waals surface area contributed by atoms with Gasteiger partial charge in [-0.3, -0.25) is 14.5 Å². The minimum atomic E-state index is -0.138. The van der Waals surface area contributed by atoms with Crippen LogP contribution in [0.1, 0.15) is 32.6 Å². The Bertz CT molecular complexity index is 319. The van der Waals surface area contributed by atoms with Gasteiger partial charge in [0, 0.05) is 32.1 Å². The van der Waals surface area contributed by atoms with E-state index in [1.807, 2.05) is 4.90 Å². The molecule has 0 aromatic rings. The SMILES string of the molecule is CCCCOC(=O)CN1CCN2C(=O)CCC2C1. The molecule has 0 saturated carbocycles. The van der Waals surface area contributed by atoms with Crippen molar-refractivity contribution in [3.05, 3.63) is 0 Å². The molecule has 2 fully saturated rings. The number of carbonyl (C=O) groups is 2. The number of amides is 1. The molecule has 1 amide bonds. The molecule has 102 valence electrons. The summed E-state index contributed by atoms with van der Waals surface area (Å²) in [5.41, 5.74) is 0.